The minimum atomic E-state index is -0.556. The van der Waals surface area contributed by atoms with Crippen LogP contribution < -0.4 is 5.32 Å². The van der Waals surface area contributed by atoms with Gasteiger partial charge < -0.3 is 10.4 Å². The number of hydrogen-bond donors (Lipinski definition) is 2. The Morgan fingerprint density at radius 2 is 2.33 bits per heavy atom. The number of amides is 1. The van der Waals surface area contributed by atoms with Crippen LogP contribution in [0.4, 0.5) is 0 Å². The van der Waals surface area contributed by atoms with E-state index in [1.807, 2.05) is 0 Å². The Morgan fingerprint density at radius 1 is 1.67 bits per heavy atom. The standard InChI is InChI=1S/C10H11BrClNO2/c1-6(14)5-13-10(15)8-3-2-7(12)4-9(8)11/h2-4,6,14H,5H2,1H3,(H,13,15)/t6-/m1/s1. The zero-order chi connectivity index (χ0) is 11.4. The van der Waals surface area contributed by atoms with Gasteiger partial charge in [-0.15, -0.1) is 0 Å². The van der Waals surface area contributed by atoms with Crippen LogP contribution in [0.15, 0.2) is 22.7 Å². The molecule has 0 aromatic heterocycles. The molecule has 0 aliphatic rings. The first kappa shape index (κ1) is 12.5. The number of carbonyl (C=O) groups is 1. The van der Waals surface area contributed by atoms with Gasteiger partial charge in [-0.25, -0.2) is 0 Å². The number of nitrogens with one attached hydrogen (secondary N) is 1. The van der Waals surface area contributed by atoms with Gasteiger partial charge in [-0.05, 0) is 41.1 Å². The molecule has 0 saturated carbocycles. The van der Waals surface area contributed by atoms with Crippen LogP contribution in [-0.2, 0) is 0 Å². The maximum atomic E-state index is 11.6. The summed E-state index contributed by atoms with van der Waals surface area (Å²) >= 11 is 8.99. The van der Waals surface area contributed by atoms with E-state index in [9.17, 15) is 4.79 Å². The van der Waals surface area contributed by atoms with E-state index in [4.69, 9.17) is 16.7 Å². The van der Waals surface area contributed by atoms with Gasteiger partial charge in [0.15, 0.2) is 0 Å². The molecule has 0 spiro atoms. The number of aliphatic hydroxyl groups excluding tert-OH is 1. The molecule has 1 rings (SSSR count). The molecule has 5 heteroatoms. The number of hydrogen-bond acceptors (Lipinski definition) is 2. The minimum absolute atomic E-state index is 0.230. The van der Waals surface area contributed by atoms with E-state index in [0.29, 0.717) is 15.1 Å². The molecule has 1 amide bonds. The lowest BCUT2D eigenvalue weighted by atomic mass is 10.2. The second-order valence-electron chi connectivity index (χ2n) is 3.18. The molecule has 0 aliphatic carbocycles. The molecule has 0 fully saturated rings. The predicted molar refractivity (Wildman–Crippen MR) is 63.2 cm³/mol. The monoisotopic (exact) mass is 291 g/mol. The Morgan fingerprint density at radius 3 is 2.87 bits per heavy atom. The fraction of sp³-hybridized carbons (Fsp3) is 0.300. The number of carbonyl (C=O) groups excluding carboxylic acids is 1. The largest absolute Gasteiger partial charge is 0.392 e. The van der Waals surface area contributed by atoms with Crippen molar-refractivity contribution in [1.82, 2.24) is 5.32 Å². The van der Waals surface area contributed by atoms with Crippen LogP contribution in [0.25, 0.3) is 0 Å². The topological polar surface area (TPSA) is 49.3 Å². The lowest BCUT2D eigenvalue weighted by molar-refractivity contribution is 0.0923. The highest BCUT2D eigenvalue weighted by Crippen LogP contribution is 2.21. The summed E-state index contributed by atoms with van der Waals surface area (Å²) in [5.41, 5.74) is 0.500. The second kappa shape index (κ2) is 5.49. The first-order chi connectivity index (χ1) is 7.00. The van der Waals surface area contributed by atoms with Crippen LogP contribution in [0.3, 0.4) is 0 Å². The second-order valence-corrected chi connectivity index (χ2v) is 4.47. The Bertz CT molecular complexity index is 368. The smallest absolute Gasteiger partial charge is 0.252 e. The fourth-order valence-electron chi connectivity index (χ4n) is 1.01. The third kappa shape index (κ3) is 3.81. The van der Waals surface area contributed by atoms with Gasteiger partial charge in [0.25, 0.3) is 5.91 Å². The van der Waals surface area contributed by atoms with Crippen LogP contribution >= 0.6 is 27.5 Å². The normalized spacial score (nSPS) is 12.3. The van der Waals surface area contributed by atoms with Crippen molar-refractivity contribution in [3.63, 3.8) is 0 Å². The van der Waals surface area contributed by atoms with E-state index in [-0.39, 0.29) is 12.5 Å². The third-order valence-electron chi connectivity index (χ3n) is 1.73. The van der Waals surface area contributed by atoms with E-state index in [1.54, 1.807) is 25.1 Å². The number of halogens is 2. The molecule has 2 N–H and O–H groups in total. The van der Waals surface area contributed by atoms with Crippen molar-refractivity contribution in [1.29, 1.82) is 0 Å². The molecule has 0 radical (unpaired) electrons. The van der Waals surface area contributed by atoms with Crippen molar-refractivity contribution in [2.75, 3.05) is 6.54 Å². The molecular formula is C10H11BrClNO2. The molecule has 1 aromatic rings. The maximum absolute atomic E-state index is 11.6. The Labute approximate surface area is 102 Å². The molecule has 0 bridgehead atoms. The summed E-state index contributed by atoms with van der Waals surface area (Å²) in [5.74, 6) is -0.237. The summed E-state index contributed by atoms with van der Waals surface area (Å²) < 4.78 is 0.637. The first-order valence-corrected chi connectivity index (χ1v) is 5.59. The number of aliphatic hydroxyl groups is 1. The van der Waals surface area contributed by atoms with Crippen molar-refractivity contribution in [2.24, 2.45) is 0 Å². The van der Waals surface area contributed by atoms with Crippen LogP contribution in [0, 0.1) is 0 Å². The zero-order valence-electron chi connectivity index (χ0n) is 8.13. The van der Waals surface area contributed by atoms with E-state index in [0.717, 1.165) is 0 Å². The molecule has 15 heavy (non-hydrogen) atoms. The van der Waals surface area contributed by atoms with Crippen LogP contribution in [0.5, 0.6) is 0 Å². The summed E-state index contributed by atoms with van der Waals surface area (Å²) in [6.07, 6.45) is -0.556. The molecule has 1 aromatic carbocycles. The highest BCUT2D eigenvalue weighted by Gasteiger charge is 2.10. The molecular weight excluding hydrogens is 281 g/mol. The van der Waals surface area contributed by atoms with Crippen molar-refractivity contribution >= 4 is 33.4 Å². The SMILES string of the molecule is C[C@@H](O)CNC(=O)c1ccc(Cl)cc1Br. The molecule has 0 saturated heterocycles. The van der Waals surface area contributed by atoms with Gasteiger partial charge in [-0.3, -0.25) is 4.79 Å². The summed E-state index contributed by atoms with van der Waals surface area (Å²) in [5, 5.41) is 12.2. The van der Waals surface area contributed by atoms with Gasteiger partial charge in [0, 0.05) is 16.0 Å². The lowest BCUT2D eigenvalue weighted by Crippen LogP contribution is -2.30. The quantitative estimate of drug-likeness (QED) is 0.897. The zero-order valence-corrected chi connectivity index (χ0v) is 10.5. The van der Waals surface area contributed by atoms with Gasteiger partial charge in [0.05, 0.1) is 11.7 Å². The molecule has 1 atom stereocenters. The first-order valence-electron chi connectivity index (χ1n) is 4.42. The Hall–Kier alpha value is -0.580. The van der Waals surface area contributed by atoms with Crippen LogP contribution in [-0.4, -0.2) is 23.7 Å². The highest BCUT2D eigenvalue weighted by atomic mass is 79.9. The average molecular weight is 293 g/mol. The third-order valence-corrected chi connectivity index (χ3v) is 2.62. The van der Waals surface area contributed by atoms with Crippen LogP contribution in [0.1, 0.15) is 17.3 Å². The van der Waals surface area contributed by atoms with Gasteiger partial charge in [0.1, 0.15) is 0 Å². The fourth-order valence-corrected chi connectivity index (χ4v) is 1.87. The van der Waals surface area contributed by atoms with E-state index in [1.165, 1.54) is 0 Å². The molecule has 3 nitrogen and oxygen atoms in total. The summed E-state index contributed by atoms with van der Waals surface area (Å²) in [6, 6.07) is 4.92. The van der Waals surface area contributed by atoms with Gasteiger partial charge in [-0.2, -0.15) is 0 Å². The van der Waals surface area contributed by atoms with Crippen molar-refractivity contribution in [3.8, 4) is 0 Å². The van der Waals surface area contributed by atoms with E-state index >= 15 is 0 Å². The molecule has 0 heterocycles. The van der Waals surface area contributed by atoms with Crippen molar-refractivity contribution in [3.05, 3.63) is 33.3 Å². The predicted octanol–water partition coefficient (Wildman–Crippen LogP) is 2.21. The molecule has 0 unspecified atom stereocenters. The van der Waals surface area contributed by atoms with Gasteiger partial charge >= 0.3 is 0 Å². The van der Waals surface area contributed by atoms with Crippen molar-refractivity contribution < 1.29 is 9.90 Å². The number of benzene rings is 1. The summed E-state index contributed by atoms with van der Waals surface area (Å²) in [6.45, 7) is 1.84. The highest BCUT2D eigenvalue weighted by molar-refractivity contribution is 9.10. The van der Waals surface area contributed by atoms with Crippen LogP contribution in [0.2, 0.25) is 5.02 Å². The lowest BCUT2D eigenvalue weighted by Gasteiger charge is -2.08. The Kier molecular flexibility index (Phi) is 4.57. The van der Waals surface area contributed by atoms with Gasteiger partial charge in [0.2, 0.25) is 0 Å². The van der Waals surface area contributed by atoms with Crippen molar-refractivity contribution in [2.45, 2.75) is 13.0 Å². The molecule has 0 aliphatic heterocycles. The summed E-state index contributed by atoms with van der Waals surface area (Å²) in [7, 11) is 0. The van der Waals surface area contributed by atoms with E-state index < -0.39 is 6.10 Å². The molecule has 82 valence electrons. The Balaban J connectivity index is 2.74. The van der Waals surface area contributed by atoms with E-state index in [2.05, 4.69) is 21.2 Å². The van der Waals surface area contributed by atoms with Gasteiger partial charge in [-0.1, -0.05) is 11.6 Å². The average Bonchev–Trinajstić information content (AvgIpc) is 2.14. The summed E-state index contributed by atoms with van der Waals surface area (Å²) in [4.78, 5) is 11.6. The number of rotatable bonds is 3. The minimum Gasteiger partial charge on any atom is -0.392 e. The maximum Gasteiger partial charge on any atom is 0.252 e.